The Morgan fingerprint density at radius 3 is 2.88 bits per heavy atom. The predicted octanol–water partition coefficient (Wildman–Crippen LogP) is 3.68. The van der Waals surface area contributed by atoms with Crippen molar-refractivity contribution in [1.82, 2.24) is 15.5 Å². The number of hydrogen-bond donors (Lipinski definition) is 2. The molecule has 1 saturated carbocycles. The fraction of sp³-hybridized carbons (Fsp3) is 0.481. The second-order valence-electron chi connectivity index (χ2n) is 9.25. The molecule has 6 nitrogen and oxygen atoms in total. The van der Waals surface area contributed by atoms with E-state index in [0.717, 1.165) is 55.5 Å². The molecule has 3 atom stereocenters. The molecule has 3 aliphatic rings. The maximum atomic E-state index is 12.9. The van der Waals surface area contributed by atoms with Gasteiger partial charge in [-0.15, -0.1) is 6.42 Å². The topological polar surface area (TPSA) is 70.7 Å². The van der Waals surface area contributed by atoms with Gasteiger partial charge in [0.05, 0.1) is 0 Å². The van der Waals surface area contributed by atoms with Gasteiger partial charge < -0.3 is 20.3 Å². The van der Waals surface area contributed by atoms with E-state index in [4.69, 9.17) is 11.2 Å². The molecule has 4 rings (SSSR count). The summed E-state index contributed by atoms with van der Waals surface area (Å²) in [4.78, 5) is 27.0. The van der Waals surface area contributed by atoms with Crippen molar-refractivity contribution >= 4 is 11.8 Å². The molecular formula is C27H33N3O3. The second kappa shape index (κ2) is 10.3. The van der Waals surface area contributed by atoms with Gasteiger partial charge in [-0.25, -0.2) is 0 Å². The number of carbonyl (C=O) groups excluding carboxylic acids is 2. The zero-order valence-electron chi connectivity index (χ0n) is 19.2. The van der Waals surface area contributed by atoms with Gasteiger partial charge in [0.25, 0.3) is 5.91 Å². The zero-order chi connectivity index (χ0) is 23.4. The van der Waals surface area contributed by atoms with Crippen LogP contribution in [0, 0.1) is 12.3 Å². The van der Waals surface area contributed by atoms with Gasteiger partial charge in [0.15, 0.2) is 0 Å². The van der Waals surface area contributed by atoms with Gasteiger partial charge in [0.1, 0.15) is 17.9 Å². The average Bonchev–Trinajstić information content (AvgIpc) is 3.13. The van der Waals surface area contributed by atoms with Gasteiger partial charge in [0.2, 0.25) is 5.91 Å². The van der Waals surface area contributed by atoms with E-state index < -0.39 is 6.04 Å². The van der Waals surface area contributed by atoms with Crippen LogP contribution in [0.1, 0.15) is 67.3 Å². The molecule has 3 unspecified atom stereocenters. The number of ether oxygens (including phenoxy) is 1. The number of hydrogen-bond acceptors (Lipinski definition) is 4. The molecular weight excluding hydrogens is 414 g/mol. The van der Waals surface area contributed by atoms with Gasteiger partial charge in [-0.05, 0) is 80.8 Å². The highest BCUT2D eigenvalue weighted by atomic mass is 16.5. The molecule has 0 bridgehead atoms. The van der Waals surface area contributed by atoms with Gasteiger partial charge in [-0.1, -0.05) is 25.5 Å². The molecule has 0 radical (unpaired) electrons. The SMILES string of the molecule is C#CC(=C)CCCNC1CCCCC1Oc1ccc2c(c1)CN(C1CCC(=C)NC1=O)C2=O. The molecule has 0 aromatic heterocycles. The molecule has 2 N–H and O–H groups in total. The molecule has 2 amide bonds. The predicted molar refractivity (Wildman–Crippen MR) is 129 cm³/mol. The van der Waals surface area contributed by atoms with Crippen LogP contribution >= 0.6 is 0 Å². The molecule has 2 aliphatic heterocycles. The number of terminal acetylenes is 1. The van der Waals surface area contributed by atoms with Crippen LogP contribution in [0.2, 0.25) is 0 Å². The number of amides is 2. The molecule has 1 aromatic rings. The standard InChI is InChI=1S/C27H33N3O3/c1-4-18(2)8-7-15-28-23-9-5-6-10-25(23)33-21-12-13-22-20(16-21)17-30(27(22)32)24-14-11-19(3)29-26(24)31/h1,12-13,16,23-25,28H,2-3,5-11,14-15,17H2,(H,29,31). The van der Waals surface area contributed by atoms with E-state index in [0.29, 0.717) is 36.7 Å². The molecule has 174 valence electrons. The number of nitrogens with one attached hydrogen (secondary N) is 2. The summed E-state index contributed by atoms with van der Waals surface area (Å²) < 4.78 is 6.41. The smallest absolute Gasteiger partial charge is 0.255 e. The van der Waals surface area contributed by atoms with Crippen molar-refractivity contribution in [2.75, 3.05) is 6.54 Å². The Kier molecular flexibility index (Phi) is 7.20. The third-order valence-electron chi connectivity index (χ3n) is 6.86. The summed E-state index contributed by atoms with van der Waals surface area (Å²) in [7, 11) is 0. The lowest BCUT2D eigenvalue weighted by atomic mass is 9.92. The van der Waals surface area contributed by atoms with Crippen molar-refractivity contribution in [3.8, 4) is 18.1 Å². The largest absolute Gasteiger partial charge is 0.489 e. The summed E-state index contributed by atoms with van der Waals surface area (Å²) in [6.45, 7) is 9.00. The lowest BCUT2D eigenvalue weighted by Crippen LogP contribution is -2.49. The summed E-state index contributed by atoms with van der Waals surface area (Å²) in [5.74, 6) is 3.14. The monoisotopic (exact) mass is 447 g/mol. The number of fused-ring (bicyclic) bond motifs is 1. The first-order valence-corrected chi connectivity index (χ1v) is 11.9. The van der Waals surface area contributed by atoms with E-state index in [1.165, 1.54) is 6.42 Å². The number of nitrogens with zero attached hydrogens (tertiary/aromatic N) is 1. The highest BCUT2D eigenvalue weighted by Crippen LogP contribution is 2.32. The maximum absolute atomic E-state index is 12.9. The van der Waals surface area contributed by atoms with Crippen LogP contribution in [0.15, 0.2) is 42.6 Å². The van der Waals surface area contributed by atoms with Crippen LogP contribution in [-0.2, 0) is 11.3 Å². The molecule has 2 heterocycles. The minimum Gasteiger partial charge on any atom is -0.489 e. The summed E-state index contributed by atoms with van der Waals surface area (Å²) in [6, 6.07) is 5.53. The van der Waals surface area contributed by atoms with Gasteiger partial charge in [-0.3, -0.25) is 9.59 Å². The summed E-state index contributed by atoms with van der Waals surface area (Å²) >= 11 is 0. The van der Waals surface area contributed by atoms with Crippen molar-refractivity contribution in [1.29, 1.82) is 0 Å². The van der Waals surface area contributed by atoms with Gasteiger partial charge >= 0.3 is 0 Å². The van der Waals surface area contributed by atoms with Crippen molar-refractivity contribution in [3.63, 3.8) is 0 Å². The normalized spacial score (nSPS) is 24.8. The lowest BCUT2D eigenvalue weighted by Gasteiger charge is -2.33. The van der Waals surface area contributed by atoms with Crippen LogP contribution in [0.3, 0.4) is 0 Å². The summed E-state index contributed by atoms with van der Waals surface area (Å²) in [5, 5.41) is 6.42. The summed E-state index contributed by atoms with van der Waals surface area (Å²) in [6.07, 6.45) is 13.0. The first-order valence-electron chi connectivity index (χ1n) is 11.9. The van der Waals surface area contributed by atoms with Crippen molar-refractivity contribution in [2.24, 2.45) is 0 Å². The first kappa shape index (κ1) is 23.1. The highest BCUT2D eigenvalue weighted by Gasteiger charge is 2.38. The molecule has 1 aliphatic carbocycles. The quantitative estimate of drug-likeness (QED) is 0.471. The van der Waals surface area contributed by atoms with Crippen LogP contribution in [0.5, 0.6) is 5.75 Å². The Balaban J connectivity index is 1.37. The van der Waals surface area contributed by atoms with Crippen molar-refractivity contribution < 1.29 is 14.3 Å². The Morgan fingerprint density at radius 2 is 2.09 bits per heavy atom. The van der Waals surface area contributed by atoms with Gasteiger partial charge in [-0.2, -0.15) is 0 Å². The number of piperidine rings is 1. The first-order chi connectivity index (χ1) is 16.0. The van der Waals surface area contributed by atoms with Crippen LogP contribution < -0.4 is 15.4 Å². The third-order valence-corrected chi connectivity index (χ3v) is 6.86. The average molecular weight is 448 g/mol. The van der Waals surface area contributed by atoms with E-state index >= 15 is 0 Å². The van der Waals surface area contributed by atoms with Crippen LogP contribution in [0.25, 0.3) is 0 Å². The number of rotatable bonds is 8. The van der Waals surface area contributed by atoms with Gasteiger partial charge in [0, 0.05) is 23.8 Å². The summed E-state index contributed by atoms with van der Waals surface area (Å²) in [5.41, 5.74) is 3.13. The lowest BCUT2D eigenvalue weighted by molar-refractivity contribution is -0.126. The Bertz CT molecular complexity index is 993. The minimum absolute atomic E-state index is 0.0880. The fourth-order valence-electron chi connectivity index (χ4n) is 5.01. The van der Waals surface area contributed by atoms with Crippen molar-refractivity contribution in [3.05, 3.63) is 53.8 Å². The second-order valence-corrected chi connectivity index (χ2v) is 9.25. The highest BCUT2D eigenvalue weighted by molar-refractivity contribution is 6.01. The number of carbonyl (C=O) groups is 2. The van der Waals surface area contributed by atoms with E-state index in [9.17, 15) is 9.59 Å². The van der Waals surface area contributed by atoms with Crippen molar-refractivity contribution in [2.45, 2.75) is 76.1 Å². The zero-order valence-corrected chi connectivity index (χ0v) is 19.2. The number of allylic oxidation sites excluding steroid dienone is 2. The Morgan fingerprint density at radius 1 is 1.27 bits per heavy atom. The Hall–Kier alpha value is -3.04. The molecule has 6 heteroatoms. The minimum atomic E-state index is -0.447. The fourth-order valence-corrected chi connectivity index (χ4v) is 5.01. The van der Waals surface area contributed by atoms with E-state index in [-0.39, 0.29) is 17.9 Å². The third kappa shape index (κ3) is 5.31. The van der Waals surface area contributed by atoms with E-state index in [2.05, 4.69) is 29.7 Å². The maximum Gasteiger partial charge on any atom is 0.255 e. The molecule has 2 fully saturated rings. The van der Waals surface area contributed by atoms with E-state index in [1.54, 1.807) is 4.90 Å². The molecule has 1 saturated heterocycles. The molecule has 0 spiro atoms. The Labute approximate surface area is 196 Å². The molecule has 1 aromatic carbocycles. The number of benzene rings is 1. The van der Waals surface area contributed by atoms with Crippen LogP contribution in [-0.4, -0.2) is 41.4 Å². The van der Waals surface area contributed by atoms with E-state index in [1.807, 2.05) is 18.2 Å². The molecule has 33 heavy (non-hydrogen) atoms. The van der Waals surface area contributed by atoms with Crippen LogP contribution in [0.4, 0.5) is 0 Å².